The first kappa shape index (κ1) is 41.3. The molecule has 2 aliphatic heterocycles. The molecule has 0 radical (unpaired) electrons. The van der Waals surface area contributed by atoms with Crippen LogP contribution < -0.4 is 16.3 Å². The van der Waals surface area contributed by atoms with Crippen LogP contribution in [-0.4, -0.2) is 84.1 Å². The second kappa shape index (κ2) is 16.5. The van der Waals surface area contributed by atoms with Crippen molar-refractivity contribution in [1.29, 1.82) is 0 Å². The number of benzene rings is 2. The van der Waals surface area contributed by atoms with Crippen LogP contribution in [0.3, 0.4) is 0 Å². The standard InChI is InChI=1S/C42H46F5N9O4/c1-52(27-15-17-54(18-16-27)22-25-5-3-7-33-37(25)53(2)41(60)56(33)34-13-14-36(57)50-40(34)59)21-24-9-11-28(12-10-24)55-23-26-19-32(29(38(43)44)20-31(26)51-55)49-39(58)30-6-4-8-35(48-30)42(45,46)47/h3-8,19-20,23-24,27-28,34,38H,9-18,21-22H2,1-2H3,(H,49,58)(H,50,57,59). The number of rotatable bonds is 10. The maximum absolute atomic E-state index is 14.1. The van der Waals surface area contributed by atoms with Crippen molar-refractivity contribution in [2.45, 2.75) is 88.6 Å². The molecule has 1 atom stereocenters. The number of para-hydroxylation sites is 1. The van der Waals surface area contributed by atoms with Gasteiger partial charge in [0.15, 0.2) is 0 Å². The fourth-order valence-corrected chi connectivity index (χ4v) is 9.27. The largest absolute Gasteiger partial charge is 0.433 e. The lowest BCUT2D eigenvalue weighted by Gasteiger charge is -2.39. The van der Waals surface area contributed by atoms with Gasteiger partial charge in [-0.15, -0.1) is 0 Å². The molecule has 1 unspecified atom stereocenters. The highest BCUT2D eigenvalue weighted by atomic mass is 19.4. The van der Waals surface area contributed by atoms with E-state index in [1.807, 2.05) is 18.2 Å². The van der Waals surface area contributed by atoms with Gasteiger partial charge in [0.1, 0.15) is 17.4 Å². The fourth-order valence-electron chi connectivity index (χ4n) is 9.27. The highest BCUT2D eigenvalue weighted by Crippen LogP contribution is 2.37. The van der Waals surface area contributed by atoms with Crippen molar-refractivity contribution in [2.24, 2.45) is 13.0 Å². The number of halogens is 5. The number of nitrogens with one attached hydrogen (secondary N) is 2. The Labute approximate surface area is 341 Å². The van der Waals surface area contributed by atoms with Crippen molar-refractivity contribution >= 4 is 45.3 Å². The molecule has 1 aliphatic carbocycles. The first-order valence-corrected chi connectivity index (χ1v) is 20.3. The van der Waals surface area contributed by atoms with E-state index < -0.39 is 47.4 Å². The van der Waals surface area contributed by atoms with E-state index in [1.54, 1.807) is 22.5 Å². The molecule has 2 N–H and O–H groups in total. The van der Waals surface area contributed by atoms with Crippen LogP contribution in [-0.2, 0) is 29.4 Å². The van der Waals surface area contributed by atoms with Crippen molar-refractivity contribution in [3.05, 3.63) is 87.7 Å². The number of likely N-dealkylation sites (tertiary alicyclic amines) is 1. The van der Waals surface area contributed by atoms with Crippen LogP contribution >= 0.6 is 0 Å². The lowest BCUT2D eigenvalue weighted by Crippen LogP contribution is -2.44. The normalized spacial score (nSPS) is 21.1. The van der Waals surface area contributed by atoms with E-state index in [-0.39, 0.29) is 36.2 Å². The third-order valence-electron chi connectivity index (χ3n) is 12.5. The molecule has 2 saturated heterocycles. The second-order valence-corrected chi connectivity index (χ2v) is 16.4. The summed E-state index contributed by atoms with van der Waals surface area (Å²) in [5, 5.41) is 9.84. The van der Waals surface area contributed by atoms with Crippen molar-refractivity contribution in [1.82, 2.24) is 39.0 Å². The number of carbonyl (C=O) groups excluding carboxylic acids is 3. The fraction of sp³-hybridized carbons (Fsp3) is 0.476. The Hall–Kier alpha value is -5.49. The van der Waals surface area contributed by atoms with Gasteiger partial charge >= 0.3 is 11.9 Å². The predicted octanol–water partition coefficient (Wildman–Crippen LogP) is 6.60. The Kier molecular flexibility index (Phi) is 11.4. The van der Waals surface area contributed by atoms with E-state index >= 15 is 0 Å². The zero-order valence-electron chi connectivity index (χ0n) is 33.2. The molecule has 18 heteroatoms. The zero-order chi connectivity index (χ0) is 42.5. The van der Waals surface area contributed by atoms with Crippen LogP contribution in [0.4, 0.5) is 27.6 Å². The van der Waals surface area contributed by atoms with Gasteiger partial charge in [-0.2, -0.15) is 18.3 Å². The summed E-state index contributed by atoms with van der Waals surface area (Å²) < 4.78 is 72.7. The Morgan fingerprint density at radius 2 is 1.72 bits per heavy atom. The Bertz CT molecular complexity index is 2500. The van der Waals surface area contributed by atoms with E-state index in [9.17, 15) is 41.1 Å². The molecule has 8 rings (SSSR count). The molecule has 5 heterocycles. The van der Waals surface area contributed by atoms with Crippen molar-refractivity contribution in [2.75, 3.05) is 32.0 Å². The van der Waals surface area contributed by atoms with Gasteiger partial charge in [0, 0.05) is 49.7 Å². The summed E-state index contributed by atoms with van der Waals surface area (Å²) in [6.45, 7) is 3.42. The summed E-state index contributed by atoms with van der Waals surface area (Å²) in [7, 11) is 3.91. The molecule has 13 nitrogen and oxygen atoms in total. The molecule has 5 aromatic rings. The van der Waals surface area contributed by atoms with Crippen LogP contribution in [0.5, 0.6) is 0 Å². The Balaban J connectivity index is 0.851. The molecule has 0 bridgehead atoms. The summed E-state index contributed by atoms with van der Waals surface area (Å²) in [4.78, 5) is 58.9. The van der Waals surface area contributed by atoms with Gasteiger partial charge in [-0.3, -0.25) is 38.4 Å². The van der Waals surface area contributed by atoms with E-state index in [0.29, 0.717) is 34.9 Å². The van der Waals surface area contributed by atoms with Gasteiger partial charge < -0.3 is 10.2 Å². The third kappa shape index (κ3) is 8.31. The molecule has 2 aromatic carbocycles. The van der Waals surface area contributed by atoms with E-state index in [2.05, 4.69) is 37.6 Å². The number of imidazole rings is 1. The molecule has 60 heavy (non-hydrogen) atoms. The van der Waals surface area contributed by atoms with Crippen molar-refractivity contribution < 1.29 is 36.3 Å². The summed E-state index contributed by atoms with van der Waals surface area (Å²) in [5.41, 5.74) is 0.0417. The molecule has 1 saturated carbocycles. The number of hydrogen-bond donors (Lipinski definition) is 2. The van der Waals surface area contributed by atoms with Crippen LogP contribution in [0.1, 0.15) is 97.2 Å². The number of hydrogen-bond acceptors (Lipinski definition) is 8. The average molecular weight is 836 g/mol. The van der Waals surface area contributed by atoms with E-state index in [4.69, 9.17) is 0 Å². The molecule has 3 fully saturated rings. The number of fused-ring (bicyclic) bond motifs is 2. The van der Waals surface area contributed by atoms with Crippen LogP contribution in [0.2, 0.25) is 0 Å². The van der Waals surface area contributed by atoms with Gasteiger partial charge in [0.2, 0.25) is 11.8 Å². The number of amides is 3. The molecule has 318 valence electrons. The SMILES string of the molecule is CN(CC1CCC(n2cc3cc(NC(=O)c4cccc(C(F)(F)F)n4)c(C(F)F)cc3n2)CC1)C1CCN(Cc2cccc3c2n(C)c(=O)n3C2CCC(=O)NC2=O)CC1. The minimum atomic E-state index is -4.77. The number of alkyl halides is 5. The Morgan fingerprint density at radius 1 is 0.983 bits per heavy atom. The number of nitrogens with zero attached hydrogens (tertiary/aromatic N) is 7. The van der Waals surface area contributed by atoms with Gasteiger partial charge in [0.25, 0.3) is 12.3 Å². The topological polar surface area (TPSA) is 139 Å². The predicted molar refractivity (Wildman–Crippen MR) is 212 cm³/mol. The lowest BCUT2D eigenvalue weighted by molar-refractivity contribution is -0.141. The van der Waals surface area contributed by atoms with E-state index in [1.165, 1.54) is 16.7 Å². The monoisotopic (exact) mass is 835 g/mol. The van der Waals surface area contributed by atoms with Crippen LogP contribution in [0, 0.1) is 5.92 Å². The number of carbonyl (C=O) groups is 3. The number of anilines is 1. The molecule has 3 aromatic heterocycles. The molecule has 3 aliphatic rings. The minimum absolute atomic E-state index is 0.0643. The second-order valence-electron chi connectivity index (χ2n) is 16.4. The number of aromatic nitrogens is 5. The van der Waals surface area contributed by atoms with Gasteiger partial charge in [-0.25, -0.2) is 18.6 Å². The highest BCUT2D eigenvalue weighted by molar-refractivity contribution is 6.04. The van der Waals surface area contributed by atoms with Crippen LogP contribution in [0.15, 0.2) is 59.5 Å². The average Bonchev–Trinajstić information content (AvgIpc) is 3.75. The first-order valence-electron chi connectivity index (χ1n) is 20.3. The summed E-state index contributed by atoms with van der Waals surface area (Å²) >= 11 is 0. The smallest absolute Gasteiger partial charge is 0.320 e. The minimum Gasteiger partial charge on any atom is -0.320 e. The van der Waals surface area contributed by atoms with Gasteiger partial charge in [-0.05, 0) is 107 Å². The number of piperidine rings is 2. The molecular formula is C42H46F5N9O4. The quantitative estimate of drug-likeness (QED) is 0.119. The van der Waals surface area contributed by atoms with Crippen molar-refractivity contribution in [3.63, 3.8) is 0 Å². The first-order chi connectivity index (χ1) is 28.6. The third-order valence-corrected chi connectivity index (χ3v) is 12.5. The zero-order valence-corrected chi connectivity index (χ0v) is 33.2. The maximum Gasteiger partial charge on any atom is 0.433 e. The number of imide groups is 1. The maximum atomic E-state index is 14.1. The lowest BCUT2D eigenvalue weighted by atomic mass is 9.85. The van der Waals surface area contributed by atoms with Crippen molar-refractivity contribution in [3.8, 4) is 0 Å². The number of aryl methyl sites for hydroxylation is 1. The summed E-state index contributed by atoms with van der Waals surface area (Å²) in [6, 6.07) is 11.0. The molecule has 3 amide bonds. The molecule has 0 spiro atoms. The Morgan fingerprint density at radius 3 is 2.42 bits per heavy atom. The molecular weight excluding hydrogens is 790 g/mol. The van der Waals surface area contributed by atoms with Crippen LogP contribution in [0.25, 0.3) is 21.9 Å². The van der Waals surface area contributed by atoms with E-state index in [0.717, 1.165) is 87.4 Å². The number of pyridine rings is 1. The summed E-state index contributed by atoms with van der Waals surface area (Å²) in [5.74, 6) is -1.33. The summed E-state index contributed by atoms with van der Waals surface area (Å²) in [6.07, 6.45) is 0.152. The van der Waals surface area contributed by atoms with Gasteiger partial charge in [0.05, 0.1) is 28.3 Å². The van der Waals surface area contributed by atoms with Gasteiger partial charge in [-0.1, -0.05) is 18.2 Å². The highest BCUT2D eigenvalue weighted by Gasteiger charge is 2.34.